The minimum Gasteiger partial charge on any atom is -0.484 e. The number of fused-ring (bicyclic) bond motifs is 3. The molecule has 0 aromatic heterocycles. The van der Waals surface area contributed by atoms with Gasteiger partial charge in [-0.25, -0.2) is 0 Å². The van der Waals surface area contributed by atoms with Crippen LogP contribution in [-0.4, -0.2) is 16.6 Å². The highest BCUT2D eigenvalue weighted by atomic mass is 16.6. The molecule has 0 spiro atoms. The highest BCUT2D eigenvalue weighted by molar-refractivity contribution is 5.49. The van der Waals surface area contributed by atoms with Crippen molar-refractivity contribution in [2.45, 2.75) is 31.7 Å². The maximum Gasteiger partial charge on any atom is 0.273 e. The number of hydrogen-bond acceptors (Lipinski definition) is 4. The second kappa shape index (κ2) is 2.74. The van der Waals surface area contributed by atoms with Crippen LogP contribution in [-0.2, 0) is 4.74 Å². The van der Waals surface area contributed by atoms with Crippen LogP contribution >= 0.6 is 0 Å². The van der Waals surface area contributed by atoms with Crippen LogP contribution in [0.4, 0.5) is 5.69 Å². The van der Waals surface area contributed by atoms with Crippen LogP contribution in [0.15, 0.2) is 18.2 Å². The molecule has 0 unspecified atom stereocenters. The average Bonchev–Trinajstić information content (AvgIpc) is 2.96. The molecule has 2 atom stereocenters. The lowest BCUT2D eigenvalue weighted by Gasteiger charge is -2.29. The molecule has 0 bridgehead atoms. The van der Waals surface area contributed by atoms with E-state index < -0.39 is 10.5 Å². The lowest BCUT2D eigenvalue weighted by molar-refractivity contribution is -0.385. The van der Waals surface area contributed by atoms with Crippen LogP contribution in [0.1, 0.15) is 25.5 Å². The Balaban J connectivity index is 2.07. The summed E-state index contributed by atoms with van der Waals surface area (Å²) in [6, 6.07) is 4.67. The monoisotopic (exact) mass is 221 g/mol. The predicted molar refractivity (Wildman–Crippen MR) is 55.4 cm³/mol. The Morgan fingerprint density at radius 1 is 1.44 bits per heavy atom. The van der Waals surface area contributed by atoms with Gasteiger partial charge in [0.05, 0.1) is 11.0 Å². The summed E-state index contributed by atoms with van der Waals surface area (Å²) in [5.74, 6) is 0.568. The van der Waals surface area contributed by atoms with E-state index in [9.17, 15) is 10.1 Å². The van der Waals surface area contributed by atoms with Gasteiger partial charge in [-0.15, -0.1) is 0 Å². The third kappa shape index (κ3) is 1.21. The van der Waals surface area contributed by atoms with Crippen molar-refractivity contribution in [2.24, 2.45) is 0 Å². The smallest absolute Gasteiger partial charge is 0.273 e. The molecule has 3 rings (SSSR count). The molecule has 1 aromatic rings. The van der Waals surface area contributed by atoms with Gasteiger partial charge in [-0.1, -0.05) is 0 Å². The first-order chi connectivity index (χ1) is 7.49. The summed E-state index contributed by atoms with van der Waals surface area (Å²) in [4.78, 5) is 10.2. The molecule has 2 aliphatic heterocycles. The molecule has 5 heteroatoms. The van der Waals surface area contributed by atoms with Gasteiger partial charge in [0.1, 0.15) is 23.6 Å². The number of rotatable bonds is 1. The van der Waals surface area contributed by atoms with E-state index in [4.69, 9.17) is 9.47 Å². The van der Waals surface area contributed by atoms with Crippen LogP contribution < -0.4 is 4.74 Å². The number of nitrogens with zero attached hydrogens (tertiary/aromatic N) is 1. The lowest BCUT2D eigenvalue weighted by atomic mass is 9.94. The number of nitro benzene ring substituents is 1. The van der Waals surface area contributed by atoms with Crippen molar-refractivity contribution in [3.05, 3.63) is 33.9 Å². The van der Waals surface area contributed by atoms with Crippen LogP contribution in [0, 0.1) is 10.1 Å². The Morgan fingerprint density at radius 3 is 2.88 bits per heavy atom. The van der Waals surface area contributed by atoms with Gasteiger partial charge in [0.2, 0.25) is 0 Å². The molecule has 0 N–H and O–H groups in total. The fourth-order valence-electron chi connectivity index (χ4n) is 2.18. The molecule has 0 saturated carbocycles. The highest BCUT2D eigenvalue weighted by Crippen LogP contribution is 2.54. The van der Waals surface area contributed by atoms with Crippen molar-refractivity contribution in [3.8, 4) is 5.75 Å². The predicted octanol–water partition coefficient (Wildman–Crippen LogP) is 2.21. The zero-order valence-corrected chi connectivity index (χ0v) is 8.97. The van der Waals surface area contributed by atoms with E-state index in [1.54, 1.807) is 6.07 Å². The molecule has 16 heavy (non-hydrogen) atoms. The topological polar surface area (TPSA) is 64.9 Å². The third-order valence-electron chi connectivity index (χ3n) is 3.06. The highest BCUT2D eigenvalue weighted by Gasteiger charge is 2.56. The van der Waals surface area contributed by atoms with Crippen LogP contribution in [0.2, 0.25) is 0 Å². The van der Waals surface area contributed by atoms with Gasteiger partial charge in [0.15, 0.2) is 0 Å². The zero-order valence-electron chi connectivity index (χ0n) is 8.97. The van der Waals surface area contributed by atoms with E-state index in [0.717, 1.165) is 5.56 Å². The van der Waals surface area contributed by atoms with Crippen LogP contribution in [0.25, 0.3) is 0 Å². The van der Waals surface area contributed by atoms with Crippen molar-refractivity contribution in [3.63, 3.8) is 0 Å². The van der Waals surface area contributed by atoms with Gasteiger partial charge >= 0.3 is 0 Å². The largest absolute Gasteiger partial charge is 0.484 e. The molecular weight excluding hydrogens is 210 g/mol. The minimum absolute atomic E-state index is 0.0413. The third-order valence-corrected chi connectivity index (χ3v) is 3.06. The van der Waals surface area contributed by atoms with Gasteiger partial charge in [-0.05, 0) is 19.9 Å². The number of ether oxygens (including phenoxy) is 2. The summed E-state index contributed by atoms with van der Waals surface area (Å²) in [6.45, 7) is 3.86. The molecule has 5 nitrogen and oxygen atoms in total. The Kier molecular flexibility index (Phi) is 1.64. The van der Waals surface area contributed by atoms with Crippen LogP contribution in [0.3, 0.4) is 0 Å². The Morgan fingerprint density at radius 2 is 2.19 bits per heavy atom. The summed E-state index contributed by atoms with van der Waals surface area (Å²) in [5, 5.41) is 10.7. The summed E-state index contributed by atoms with van der Waals surface area (Å²) in [5.41, 5.74) is 0.552. The number of hydrogen-bond donors (Lipinski definition) is 0. The fraction of sp³-hybridized carbons (Fsp3) is 0.455. The quantitative estimate of drug-likeness (QED) is 0.414. The van der Waals surface area contributed by atoms with Crippen molar-refractivity contribution >= 4 is 5.69 Å². The molecule has 0 radical (unpaired) electrons. The molecule has 2 aliphatic rings. The summed E-state index contributed by atoms with van der Waals surface area (Å²) < 4.78 is 11.3. The van der Waals surface area contributed by atoms with Crippen molar-refractivity contribution in [1.29, 1.82) is 0 Å². The zero-order chi connectivity index (χ0) is 11.5. The molecule has 1 fully saturated rings. The average molecular weight is 221 g/mol. The molecular formula is C11H11NO4. The SMILES string of the molecule is CC1(C)Oc2cc([N+](=O)[O-])ccc2[C@@H]2O[C@@H]21. The van der Waals surface area contributed by atoms with Gasteiger partial charge in [0.25, 0.3) is 5.69 Å². The maximum atomic E-state index is 10.7. The second-order valence-corrected chi connectivity index (χ2v) is 4.66. The summed E-state index contributed by atoms with van der Waals surface area (Å²) in [7, 11) is 0. The number of epoxide rings is 1. The normalized spacial score (nSPS) is 28.6. The van der Waals surface area contributed by atoms with Crippen LogP contribution in [0.5, 0.6) is 5.75 Å². The first kappa shape index (κ1) is 9.59. The Hall–Kier alpha value is -1.62. The van der Waals surface area contributed by atoms with Gasteiger partial charge in [0, 0.05) is 11.6 Å². The van der Waals surface area contributed by atoms with Gasteiger partial charge < -0.3 is 9.47 Å². The second-order valence-electron chi connectivity index (χ2n) is 4.66. The van der Waals surface area contributed by atoms with E-state index in [0.29, 0.717) is 5.75 Å². The Bertz CT molecular complexity index is 483. The number of nitro groups is 1. The van der Waals surface area contributed by atoms with Gasteiger partial charge in [-0.3, -0.25) is 10.1 Å². The Labute approximate surface area is 92.1 Å². The lowest BCUT2D eigenvalue weighted by Crippen LogP contribution is -2.37. The molecule has 0 amide bonds. The fourth-order valence-corrected chi connectivity index (χ4v) is 2.18. The maximum absolute atomic E-state index is 10.7. The van der Waals surface area contributed by atoms with E-state index in [-0.39, 0.29) is 17.9 Å². The molecule has 84 valence electrons. The summed E-state index contributed by atoms with van der Waals surface area (Å²) in [6.07, 6.45) is 0.112. The van der Waals surface area contributed by atoms with E-state index >= 15 is 0 Å². The van der Waals surface area contributed by atoms with E-state index in [1.165, 1.54) is 12.1 Å². The van der Waals surface area contributed by atoms with Crippen molar-refractivity contribution in [1.82, 2.24) is 0 Å². The standard InChI is InChI=1S/C11H11NO4/c1-11(2)10-9(15-10)7-4-3-6(12(13)14)5-8(7)16-11/h3-5,9-10H,1-2H3/t9-,10-/m0/s1. The first-order valence-corrected chi connectivity index (χ1v) is 5.12. The first-order valence-electron chi connectivity index (χ1n) is 5.12. The molecule has 1 saturated heterocycles. The van der Waals surface area contributed by atoms with E-state index in [2.05, 4.69) is 0 Å². The van der Waals surface area contributed by atoms with Crippen molar-refractivity contribution < 1.29 is 14.4 Å². The van der Waals surface area contributed by atoms with Crippen molar-refractivity contribution in [2.75, 3.05) is 0 Å². The summed E-state index contributed by atoms with van der Waals surface area (Å²) >= 11 is 0. The minimum atomic E-state index is -0.420. The molecule has 0 aliphatic carbocycles. The molecule has 2 heterocycles. The van der Waals surface area contributed by atoms with Gasteiger partial charge in [-0.2, -0.15) is 0 Å². The molecule has 1 aromatic carbocycles. The van der Waals surface area contributed by atoms with E-state index in [1.807, 2.05) is 13.8 Å². The number of benzene rings is 1. The number of non-ortho nitro benzene ring substituents is 1.